The molecule has 1 amide bonds. The lowest BCUT2D eigenvalue weighted by molar-refractivity contribution is -0.116. The lowest BCUT2D eigenvalue weighted by Gasteiger charge is -2.07. The number of nitrogens with zero attached hydrogens (tertiary/aromatic N) is 7. The number of aryl methyl sites for hydroxylation is 2. The largest absolute Gasteiger partial charge is 0.325 e. The molecule has 0 saturated carbocycles. The molecule has 3 aromatic rings. The lowest BCUT2D eigenvalue weighted by atomic mass is 10.1. The van der Waals surface area contributed by atoms with Crippen LogP contribution in [0.3, 0.4) is 0 Å². The second-order valence-corrected chi connectivity index (χ2v) is 6.07. The standard InChI is InChI=1S/C18H20N8O/c1-13-16(14(2)25(24-13)9-3-8-19)5-7-18(27)23-15-4-6-17(21-10-15)26-12-20-11-22-26/h4,6,10-12H,3,5,7,9H2,1-2H3,(H,23,27). The number of amides is 1. The zero-order chi connectivity index (χ0) is 19.2. The van der Waals surface area contributed by atoms with Gasteiger partial charge in [-0.2, -0.15) is 15.5 Å². The van der Waals surface area contributed by atoms with Crippen molar-refractivity contribution in [2.75, 3.05) is 5.32 Å². The molecule has 0 fully saturated rings. The van der Waals surface area contributed by atoms with E-state index >= 15 is 0 Å². The molecule has 3 heterocycles. The normalized spacial score (nSPS) is 10.6. The first kappa shape index (κ1) is 18.3. The summed E-state index contributed by atoms with van der Waals surface area (Å²) in [5.74, 6) is 0.537. The van der Waals surface area contributed by atoms with E-state index in [0.29, 0.717) is 37.3 Å². The fraction of sp³-hybridized carbons (Fsp3) is 0.333. The third-order valence-electron chi connectivity index (χ3n) is 4.25. The van der Waals surface area contributed by atoms with Crippen molar-refractivity contribution in [3.05, 3.63) is 47.9 Å². The number of carbonyl (C=O) groups is 1. The Labute approximate surface area is 156 Å². The Morgan fingerprint density at radius 3 is 2.85 bits per heavy atom. The summed E-state index contributed by atoms with van der Waals surface area (Å²) in [5.41, 5.74) is 3.59. The minimum absolute atomic E-state index is 0.0890. The Kier molecular flexibility index (Phi) is 5.56. The van der Waals surface area contributed by atoms with Crippen molar-refractivity contribution in [2.45, 2.75) is 39.7 Å². The van der Waals surface area contributed by atoms with E-state index in [1.54, 1.807) is 29.3 Å². The first-order chi connectivity index (χ1) is 13.1. The highest BCUT2D eigenvalue weighted by molar-refractivity contribution is 5.90. The molecule has 0 aromatic carbocycles. The average Bonchev–Trinajstić information content (AvgIpc) is 3.28. The molecule has 3 aromatic heterocycles. The molecule has 0 aliphatic carbocycles. The molecular formula is C18H20N8O. The molecule has 9 heteroatoms. The van der Waals surface area contributed by atoms with E-state index in [1.807, 2.05) is 18.5 Å². The predicted octanol–water partition coefficient (Wildman–Crippen LogP) is 1.96. The van der Waals surface area contributed by atoms with Gasteiger partial charge in [0.2, 0.25) is 5.91 Å². The molecule has 0 radical (unpaired) electrons. The smallest absolute Gasteiger partial charge is 0.224 e. The molecule has 3 rings (SSSR count). The third kappa shape index (κ3) is 4.36. The summed E-state index contributed by atoms with van der Waals surface area (Å²) in [4.78, 5) is 20.4. The number of rotatable bonds is 7. The molecule has 0 bridgehead atoms. The number of anilines is 1. The van der Waals surface area contributed by atoms with Crippen LogP contribution in [-0.2, 0) is 17.8 Å². The van der Waals surface area contributed by atoms with Gasteiger partial charge in [0.25, 0.3) is 0 Å². The van der Waals surface area contributed by atoms with Gasteiger partial charge in [-0.05, 0) is 38.0 Å². The fourth-order valence-electron chi connectivity index (χ4n) is 2.85. The Morgan fingerprint density at radius 1 is 1.33 bits per heavy atom. The van der Waals surface area contributed by atoms with Crippen LogP contribution in [0.1, 0.15) is 29.8 Å². The van der Waals surface area contributed by atoms with Gasteiger partial charge in [0.05, 0.1) is 36.6 Å². The summed E-state index contributed by atoms with van der Waals surface area (Å²) in [6, 6.07) is 5.66. The molecule has 9 nitrogen and oxygen atoms in total. The molecular weight excluding hydrogens is 344 g/mol. The van der Waals surface area contributed by atoms with Crippen LogP contribution in [0.5, 0.6) is 0 Å². The number of nitriles is 1. The first-order valence-electron chi connectivity index (χ1n) is 8.59. The molecule has 0 unspecified atom stereocenters. The molecule has 1 N–H and O–H groups in total. The quantitative estimate of drug-likeness (QED) is 0.685. The highest BCUT2D eigenvalue weighted by atomic mass is 16.1. The molecule has 0 spiro atoms. The number of carbonyl (C=O) groups excluding carboxylic acids is 1. The Bertz CT molecular complexity index is 951. The van der Waals surface area contributed by atoms with Crippen LogP contribution >= 0.6 is 0 Å². The SMILES string of the molecule is Cc1nn(CCC#N)c(C)c1CCC(=O)Nc1ccc(-n2cncn2)nc1. The van der Waals surface area contributed by atoms with Gasteiger partial charge in [0.1, 0.15) is 12.7 Å². The maximum absolute atomic E-state index is 12.3. The Hall–Kier alpha value is -3.54. The van der Waals surface area contributed by atoms with Crippen LogP contribution < -0.4 is 5.32 Å². The maximum Gasteiger partial charge on any atom is 0.224 e. The molecule has 0 aliphatic heterocycles. The van der Waals surface area contributed by atoms with Crippen molar-refractivity contribution in [2.24, 2.45) is 0 Å². The van der Waals surface area contributed by atoms with Crippen molar-refractivity contribution in [3.63, 3.8) is 0 Å². The van der Waals surface area contributed by atoms with Crippen LogP contribution in [0, 0.1) is 25.2 Å². The lowest BCUT2D eigenvalue weighted by Crippen LogP contribution is -2.13. The highest BCUT2D eigenvalue weighted by Crippen LogP contribution is 2.16. The number of pyridine rings is 1. The van der Waals surface area contributed by atoms with Crippen LogP contribution in [0.2, 0.25) is 0 Å². The van der Waals surface area contributed by atoms with Crippen LogP contribution in [0.4, 0.5) is 5.69 Å². The zero-order valence-electron chi connectivity index (χ0n) is 15.3. The van der Waals surface area contributed by atoms with Crippen molar-refractivity contribution < 1.29 is 4.79 Å². The summed E-state index contributed by atoms with van der Waals surface area (Å²) in [6.07, 6.45) is 5.94. The maximum atomic E-state index is 12.3. The van der Waals surface area contributed by atoms with Gasteiger partial charge in [0.15, 0.2) is 5.82 Å². The minimum Gasteiger partial charge on any atom is -0.325 e. The predicted molar refractivity (Wildman–Crippen MR) is 98.0 cm³/mol. The monoisotopic (exact) mass is 364 g/mol. The van der Waals surface area contributed by atoms with E-state index < -0.39 is 0 Å². The van der Waals surface area contributed by atoms with E-state index in [1.165, 1.54) is 6.33 Å². The third-order valence-corrected chi connectivity index (χ3v) is 4.25. The van der Waals surface area contributed by atoms with Gasteiger partial charge < -0.3 is 5.32 Å². The zero-order valence-corrected chi connectivity index (χ0v) is 15.3. The Morgan fingerprint density at radius 2 is 2.19 bits per heavy atom. The van der Waals surface area contributed by atoms with E-state index in [2.05, 4.69) is 31.6 Å². The summed E-state index contributed by atoms with van der Waals surface area (Å²) >= 11 is 0. The second-order valence-electron chi connectivity index (χ2n) is 6.07. The summed E-state index contributed by atoms with van der Waals surface area (Å²) in [6.45, 7) is 4.46. The van der Waals surface area contributed by atoms with Crippen molar-refractivity contribution in [3.8, 4) is 11.9 Å². The summed E-state index contributed by atoms with van der Waals surface area (Å²) < 4.78 is 3.37. The van der Waals surface area contributed by atoms with E-state index in [0.717, 1.165) is 17.0 Å². The number of hydrogen-bond acceptors (Lipinski definition) is 6. The van der Waals surface area contributed by atoms with Crippen molar-refractivity contribution in [1.82, 2.24) is 29.5 Å². The average molecular weight is 364 g/mol. The fourth-order valence-corrected chi connectivity index (χ4v) is 2.85. The minimum atomic E-state index is -0.0890. The molecule has 0 atom stereocenters. The van der Waals surface area contributed by atoms with Crippen LogP contribution in [0.25, 0.3) is 5.82 Å². The van der Waals surface area contributed by atoms with Gasteiger partial charge in [-0.1, -0.05) is 0 Å². The van der Waals surface area contributed by atoms with E-state index in [4.69, 9.17) is 5.26 Å². The van der Waals surface area contributed by atoms with E-state index in [-0.39, 0.29) is 5.91 Å². The van der Waals surface area contributed by atoms with Gasteiger partial charge in [-0.3, -0.25) is 9.48 Å². The number of nitrogens with one attached hydrogen (secondary N) is 1. The second kappa shape index (κ2) is 8.23. The van der Waals surface area contributed by atoms with Gasteiger partial charge in [0, 0.05) is 12.1 Å². The topological polar surface area (TPSA) is 114 Å². The number of aromatic nitrogens is 6. The molecule has 0 aliphatic rings. The van der Waals surface area contributed by atoms with Gasteiger partial charge in [-0.25, -0.2) is 14.6 Å². The van der Waals surface area contributed by atoms with Gasteiger partial charge >= 0.3 is 0 Å². The summed E-state index contributed by atoms with van der Waals surface area (Å²) in [7, 11) is 0. The first-order valence-corrected chi connectivity index (χ1v) is 8.59. The van der Waals surface area contributed by atoms with Crippen molar-refractivity contribution in [1.29, 1.82) is 5.26 Å². The summed E-state index contributed by atoms with van der Waals surface area (Å²) in [5, 5.41) is 20.0. The van der Waals surface area contributed by atoms with Crippen LogP contribution in [-0.4, -0.2) is 35.4 Å². The molecule has 138 valence electrons. The van der Waals surface area contributed by atoms with Crippen LogP contribution in [0.15, 0.2) is 31.0 Å². The van der Waals surface area contributed by atoms with Crippen molar-refractivity contribution >= 4 is 11.6 Å². The highest BCUT2D eigenvalue weighted by Gasteiger charge is 2.13. The Balaban J connectivity index is 1.57. The van der Waals surface area contributed by atoms with Gasteiger partial charge in [-0.15, -0.1) is 0 Å². The number of hydrogen-bond donors (Lipinski definition) is 1. The van der Waals surface area contributed by atoms with E-state index in [9.17, 15) is 4.79 Å². The molecule has 27 heavy (non-hydrogen) atoms. The molecule has 0 saturated heterocycles.